The minimum Gasteiger partial charge on any atom is -0.257 e. The lowest BCUT2D eigenvalue weighted by Gasteiger charge is -2.01. The maximum atomic E-state index is 10.5. The second-order valence-electron chi connectivity index (χ2n) is 2.06. The SMILES string of the molecule is CCCOOC(=O)OOCCC. The molecule has 5 nitrogen and oxygen atoms in total. The van der Waals surface area contributed by atoms with E-state index in [9.17, 15) is 4.79 Å². The van der Waals surface area contributed by atoms with Gasteiger partial charge in [-0.1, -0.05) is 13.8 Å². The van der Waals surface area contributed by atoms with Gasteiger partial charge in [-0.2, -0.15) is 14.6 Å². The van der Waals surface area contributed by atoms with Crippen LogP contribution in [0, 0.1) is 0 Å². The van der Waals surface area contributed by atoms with Crippen molar-refractivity contribution in [3.05, 3.63) is 0 Å². The van der Waals surface area contributed by atoms with Crippen molar-refractivity contribution in [1.29, 1.82) is 0 Å². The van der Waals surface area contributed by atoms with E-state index < -0.39 is 6.16 Å². The maximum absolute atomic E-state index is 10.5. The van der Waals surface area contributed by atoms with Crippen LogP contribution in [0.3, 0.4) is 0 Å². The number of carbonyl (C=O) groups is 1. The fourth-order valence-electron chi connectivity index (χ4n) is 0.360. The second kappa shape index (κ2) is 8.29. The molecule has 0 N–H and O–H groups in total. The summed E-state index contributed by atoms with van der Waals surface area (Å²) in [5, 5.41) is 0. The highest BCUT2D eigenvalue weighted by atomic mass is 17.3. The Morgan fingerprint density at radius 2 is 1.42 bits per heavy atom. The molecule has 72 valence electrons. The molecule has 0 heterocycles. The summed E-state index contributed by atoms with van der Waals surface area (Å²) in [7, 11) is 0. The highest BCUT2D eigenvalue weighted by molar-refractivity contribution is 5.58. The zero-order valence-corrected chi connectivity index (χ0v) is 7.37. The van der Waals surface area contributed by atoms with Gasteiger partial charge in [-0.05, 0) is 12.8 Å². The Bertz CT molecular complexity index is 102. The minimum absolute atomic E-state index is 0.350. The highest BCUT2D eigenvalue weighted by Crippen LogP contribution is 1.90. The van der Waals surface area contributed by atoms with Crippen LogP contribution in [0.2, 0.25) is 0 Å². The lowest BCUT2D eigenvalue weighted by molar-refractivity contribution is -0.319. The number of hydrogen-bond donors (Lipinski definition) is 0. The summed E-state index contributed by atoms with van der Waals surface area (Å²) >= 11 is 0. The number of carbonyl (C=O) groups excluding carboxylic acids is 1. The second-order valence-corrected chi connectivity index (χ2v) is 2.06. The molecule has 0 aromatic heterocycles. The molecular weight excluding hydrogens is 164 g/mol. The topological polar surface area (TPSA) is 54.0 Å². The van der Waals surface area contributed by atoms with Gasteiger partial charge in [-0.3, -0.25) is 9.78 Å². The van der Waals surface area contributed by atoms with Gasteiger partial charge >= 0.3 is 6.16 Å². The highest BCUT2D eigenvalue weighted by Gasteiger charge is 2.04. The van der Waals surface area contributed by atoms with E-state index in [1.165, 1.54) is 0 Å². The molecule has 0 aromatic rings. The Balaban J connectivity index is 3.10. The van der Waals surface area contributed by atoms with Crippen LogP contribution in [0.4, 0.5) is 4.79 Å². The van der Waals surface area contributed by atoms with E-state index in [0.29, 0.717) is 13.2 Å². The van der Waals surface area contributed by atoms with E-state index in [1.54, 1.807) is 0 Å². The zero-order chi connectivity index (χ0) is 9.23. The zero-order valence-electron chi connectivity index (χ0n) is 7.37. The third-order valence-electron chi connectivity index (χ3n) is 0.829. The maximum Gasteiger partial charge on any atom is 0.573 e. The van der Waals surface area contributed by atoms with Gasteiger partial charge in [0.1, 0.15) is 0 Å². The van der Waals surface area contributed by atoms with Crippen LogP contribution in [-0.2, 0) is 19.6 Å². The van der Waals surface area contributed by atoms with Crippen LogP contribution in [0.15, 0.2) is 0 Å². The molecule has 0 fully saturated rings. The summed E-state index contributed by atoms with van der Waals surface area (Å²) < 4.78 is 0. The molecule has 0 rings (SSSR count). The average Bonchev–Trinajstić information content (AvgIpc) is 2.06. The van der Waals surface area contributed by atoms with Crippen LogP contribution < -0.4 is 0 Å². The van der Waals surface area contributed by atoms with Crippen molar-refractivity contribution in [2.24, 2.45) is 0 Å². The third-order valence-corrected chi connectivity index (χ3v) is 0.829. The monoisotopic (exact) mass is 178 g/mol. The van der Waals surface area contributed by atoms with E-state index in [2.05, 4.69) is 19.6 Å². The van der Waals surface area contributed by atoms with E-state index >= 15 is 0 Å². The molecule has 0 radical (unpaired) electrons. The molecule has 0 unspecified atom stereocenters. The number of hydrogen-bond acceptors (Lipinski definition) is 5. The van der Waals surface area contributed by atoms with Gasteiger partial charge in [-0.15, -0.1) is 0 Å². The van der Waals surface area contributed by atoms with Gasteiger partial charge in [0.2, 0.25) is 0 Å². The average molecular weight is 178 g/mol. The fourth-order valence-corrected chi connectivity index (χ4v) is 0.360. The normalized spacial score (nSPS) is 9.50. The molecule has 0 aliphatic carbocycles. The first-order valence-corrected chi connectivity index (χ1v) is 3.94. The summed E-state index contributed by atoms with van der Waals surface area (Å²) in [6.07, 6.45) is 0.559. The number of rotatable bonds is 6. The Morgan fingerprint density at radius 3 is 1.75 bits per heavy atom. The lowest BCUT2D eigenvalue weighted by Crippen LogP contribution is -2.09. The predicted octanol–water partition coefficient (Wildman–Crippen LogP) is 1.82. The fraction of sp³-hybridized carbons (Fsp3) is 0.857. The van der Waals surface area contributed by atoms with E-state index in [1.807, 2.05) is 13.8 Å². The standard InChI is InChI=1S/C7H14O5/c1-3-5-9-11-7(8)12-10-6-4-2/h3-6H2,1-2H3. The molecule has 5 heteroatoms. The van der Waals surface area contributed by atoms with Crippen molar-refractivity contribution in [3.8, 4) is 0 Å². The minimum atomic E-state index is -0.975. The summed E-state index contributed by atoms with van der Waals surface area (Å²) in [6, 6.07) is 0. The molecule has 0 bridgehead atoms. The molecule has 0 atom stereocenters. The summed E-state index contributed by atoms with van der Waals surface area (Å²) in [5.41, 5.74) is 0. The molecule has 0 aliphatic rings. The van der Waals surface area contributed by atoms with Crippen LogP contribution in [0.25, 0.3) is 0 Å². The van der Waals surface area contributed by atoms with Gasteiger partial charge in [0.25, 0.3) is 0 Å². The Kier molecular flexibility index (Phi) is 7.73. The van der Waals surface area contributed by atoms with Gasteiger partial charge in [0, 0.05) is 0 Å². The first kappa shape index (κ1) is 11.2. The van der Waals surface area contributed by atoms with Crippen molar-refractivity contribution in [3.63, 3.8) is 0 Å². The Hall–Kier alpha value is -0.810. The lowest BCUT2D eigenvalue weighted by atomic mass is 10.5. The van der Waals surface area contributed by atoms with Gasteiger partial charge < -0.3 is 0 Å². The predicted molar refractivity (Wildman–Crippen MR) is 40.1 cm³/mol. The Labute approximate surface area is 71.4 Å². The van der Waals surface area contributed by atoms with Crippen molar-refractivity contribution < 1.29 is 24.3 Å². The van der Waals surface area contributed by atoms with Crippen LogP contribution in [-0.4, -0.2) is 19.4 Å². The van der Waals surface area contributed by atoms with Gasteiger partial charge in [0.05, 0.1) is 13.2 Å². The van der Waals surface area contributed by atoms with Crippen LogP contribution >= 0.6 is 0 Å². The molecule has 0 amide bonds. The van der Waals surface area contributed by atoms with Crippen molar-refractivity contribution in [1.82, 2.24) is 0 Å². The van der Waals surface area contributed by atoms with Crippen LogP contribution in [0.1, 0.15) is 26.7 Å². The van der Waals surface area contributed by atoms with E-state index in [4.69, 9.17) is 0 Å². The van der Waals surface area contributed by atoms with E-state index in [-0.39, 0.29) is 0 Å². The molecule has 12 heavy (non-hydrogen) atoms. The van der Waals surface area contributed by atoms with Crippen LogP contribution in [0.5, 0.6) is 0 Å². The molecule has 0 aliphatic heterocycles. The summed E-state index contributed by atoms with van der Waals surface area (Å²) in [4.78, 5) is 27.6. The third kappa shape index (κ3) is 7.30. The van der Waals surface area contributed by atoms with Crippen molar-refractivity contribution >= 4 is 6.16 Å². The first-order valence-electron chi connectivity index (χ1n) is 3.94. The van der Waals surface area contributed by atoms with Crippen molar-refractivity contribution in [2.75, 3.05) is 13.2 Å². The largest absolute Gasteiger partial charge is 0.573 e. The first-order chi connectivity index (χ1) is 5.81. The van der Waals surface area contributed by atoms with Crippen molar-refractivity contribution in [2.45, 2.75) is 26.7 Å². The summed E-state index contributed by atoms with van der Waals surface area (Å²) in [6.45, 7) is 4.48. The van der Waals surface area contributed by atoms with Gasteiger partial charge in [0.15, 0.2) is 0 Å². The molecule has 0 aromatic carbocycles. The smallest absolute Gasteiger partial charge is 0.257 e. The molecule has 0 spiro atoms. The molecule has 0 saturated carbocycles. The summed E-state index contributed by atoms with van der Waals surface area (Å²) in [5.74, 6) is 0. The quantitative estimate of drug-likeness (QED) is 0.353. The molecule has 0 saturated heterocycles. The Morgan fingerprint density at radius 1 is 1.00 bits per heavy atom. The van der Waals surface area contributed by atoms with E-state index in [0.717, 1.165) is 12.8 Å². The van der Waals surface area contributed by atoms with Gasteiger partial charge in [-0.25, -0.2) is 0 Å². The molecular formula is C7H14O5.